The van der Waals surface area contributed by atoms with E-state index in [2.05, 4.69) is 34.8 Å². The molecule has 0 radical (unpaired) electrons. The third-order valence-electron chi connectivity index (χ3n) is 5.71. The van der Waals surface area contributed by atoms with Gasteiger partial charge < -0.3 is 9.47 Å². The summed E-state index contributed by atoms with van der Waals surface area (Å²) in [4.78, 5) is 23.4. The van der Waals surface area contributed by atoms with Crippen LogP contribution in [0.1, 0.15) is 20.8 Å². The van der Waals surface area contributed by atoms with E-state index in [9.17, 15) is 14.9 Å². The zero-order chi connectivity index (χ0) is 25.8. The number of carbonyl (C=O) groups is 1. The van der Waals surface area contributed by atoms with Crippen molar-refractivity contribution < 1.29 is 19.2 Å². The van der Waals surface area contributed by atoms with Gasteiger partial charge in [0.05, 0.1) is 23.1 Å². The number of nitro groups is 1. The van der Waals surface area contributed by atoms with Crippen molar-refractivity contribution in [1.82, 2.24) is 5.43 Å². The summed E-state index contributed by atoms with van der Waals surface area (Å²) in [5.41, 5.74) is 4.23. The minimum absolute atomic E-state index is 0.0195. The maximum atomic E-state index is 12.5. The summed E-state index contributed by atoms with van der Waals surface area (Å²) < 4.78 is 12.3. The van der Waals surface area contributed by atoms with E-state index >= 15 is 0 Å². The second-order valence-electron chi connectivity index (χ2n) is 8.17. The van der Waals surface area contributed by atoms with Crippen LogP contribution in [0, 0.1) is 10.1 Å². The van der Waals surface area contributed by atoms with Gasteiger partial charge in [0, 0.05) is 22.2 Å². The van der Waals surface area contributed by atoms with Gasteiger partial charge in [-0.2, -0.15) is 5.10 Å². The second-order valence-corrected chi connectivity index (χ2v) is 9.25. The Balaban J connectivity index is 1.23. The first-order chi connectivity index (χ1) is 18.0. The standard InChI is InChI=1S/C28H21N3O5S/c1-35-25-13-18(7-10-24(25)36-17-19-6-8-20-4-2-3-5-21(20)12-19)16-29-30-28(32)27-15-22-14-23(31(33)34)9-11-26(22)37-27/h2-16H,17H2,1H3,(H,30,32)/b29-16-. The lowest BCUT2D eigenvalue weighted by Gasteiger charge is -2.12. The first-order valence-corrected chi connectivity index (χ1v) is 12.1. The molecule has 0 aliphatic rings. The molecule has 0 bridgehead atoms. The molecule has 184 valence electrons. The highest BCUT2D eigenvalue weighted by molar-refractivity contribution is 7.20. The van der Waals surface area contributed by atoms with Gasteiger partial charge in [0.1, 0.15) is 6.61 Å². The molecule has 1 amide bonds. The SMILES string of the molecule is COc1cc(/C=N\NC(=O)c2cc3cc([N+](=O)[O-])ccc3s2)ccc1OCc1ccc2ccccc2c1. The number of methoxy groups -OCH3 is 1. The number of nitrogens with one attached hydrogen (secondary N) is 1. The Hall–Kier alpha value is -4.76. The molecule has 0 saturated carbocycles. The van der Waals surface area contributed by atoms with Crippen LogP contribution in [0.3, 0.4) is 0 Å². The van der Waals surface area contributed by atoms with Crippen molar-refractivity contribution >= 4 is 50.0 Å². The highest BCUT2D eigenvalue weighted by atomic mass is 32.1. The predicted molar refractivity (Wildman–Crippen MR) is 145 cm³/mol. The third kappa shape index (κ3) is 5.41. The average molecular weight is 512 g/mol. The molecule has 0 saturated heterocycles. The van der Waals surface area contributed by atoms with Crippen molar-refractivity contribution in [2.24, 2.45) is 5.10 Å². The molecule has 8 nitrogen and oxygen atoms in total. The number of nitrogens with zero attached hydrogens (tertiary/aromatic N) is 2. The molecule has 4 aromatic carbocycles. The number of nitro benzene ring substituents is 1. The lowest BCUT2D eigenvalue weighted by molar-refractivity contribution is -0.384. The smallest absolute Gasteiger partial charge is 0.281 e. The Morgan fingerprint density at radius 1 is 0.973 bits per heavy atom. The van der Waals surface area contributed by atoms with Crippen LogP contribution in [0.2, 0.25) is 0 Å². The van der Waals surface area contributed by atoms with Gasteiger partial charge in [-0.3, -0.25) is 14.9 Å². The molecular weight excluding hydrogens is 490 g/mol. The fraction of sp³-hybridized carbons (Fsp3) is 0.0714. The Morgan fingerprint density at radius 3 is 2.62 bits per heavy atom. The summed E-state index contributed by atoms with van der Waals surface area (Å²) in [5, 5.41) is 18.0. The molecule has 1 aromatic heterocycles. The number of hydrogen-bond acceptors (Lipinski definition) is 7. The van der Waals surface area contributed by atoms with Crippen molar-refractivity contribution in [3.8, 4) is 11.5 Å². The normalized spacial score (nSPS) is 11.2. The number of carbonyl (C=O) groups excluding carboxylic acids is 1. The van der Waals surface area contributed by atoms with Crippen molar-refractivity contribution in [2.75, 3.05) is 7.11 Å². The maximum Gasteiger partial charge on any atom is 0.281 e. The summed E-state index contributed by atoms with van der Waals surface area (Å²) >= 11 is 1.24. The van der Waals surface area contributed by atoms with E-state index in [1.54, 1.807) is 31.4 Å². The summed E-state index contributed by atoms with van der Waals surface area (Å²) in [7, 11) is 1.56. The molecule has 0 aliphatic carbocycles. The number of hydrogen-bond donors (Lipinski definition) is 1. The molecule has 37 heavy (non-hydrogen) atoms. The molecule has 0 atom stereocenters. The van der Waals surface area contributed by atoms with Gasteiger partial charge in [0.25, 0.3) is 11.6 Å². The van der Waals surface area contributed by atoms with Crippen molar-refractivity contribution in [3.63, 3.8) is 0 Å². The second kappa shape index (κ2) is 10.5. The lowest BCUT2D eigenvalue weighted by Crippen LogP contribution is -2.16. The first-order valence-electron chi connectivity index (χ1n) is 11.3. The molecule has 0 spiro atoms. The molecule has 5 aromatic rings. The van der Waals surface area contributed by atoms with Crippen molar-refractivity contribution in [1.29, 1.82) is 0 Å². The Bertz CT molecular complexity index is 1660. The molecule has 9 heteroatoms. The summed E-state index contributed by atoms with van der Waals surface area (Å²) in [6, 6.07) is 25.9. The van der Waals surface area contributed by atoms with Gasteiger partial charge in [0.2, 0.25) is 0 Å². The summed E-state index contributed by atoms with van der Waals surface area (Å²) in [6.07, 6.45) is 1.51. The first kappa shape index (κ1) is 24.0. The van der Waals surface area contributed by atoms with E-state index in [0.717, 1.165) is 15.6 Å². The molecule has 0 unspecified atom stereocenters. The molecule has 0 aliphatic heterocycles. The number of benzene rings is 4. The zero-order valence-corrected chi connectivity index (χ0v) is 20.5. The quantitative estimate of drug-likeness (QED) is 0.149. The van der Waals surface area contributed by atoms with Crippen LogP contribution >= 0.6 is 11.3 Å². The van der Waals surface area contributed by atoms with E-state index in [4.69, 9.17) is 9.47 Å². The Morgan fingerprint density at radius 2 is 1.81 bits per heavy atom. The van der Waals surface area contributed by atoms with E-state index in [-0.39, 0.29) is 5.69 Å². The van der Waals surface area contributed by atoms with Gasteiger partial charge in [-0.1, -0.05) is 36.4 Å². The zero-order valence-electron chi connectivity index (χ0n) is 19.7. The number of hydrazone groups is 1. The number of thiophene rings is 1. The van der Waals surface area contributed by atoms with Crippen LogP contribution in [0.5, 0.6) is 11.5 Å². The molecule has 1 heterocycles. The maximum absolute atomic E-state index is 12.5. The molecule has 5 rings (SSSR count). The predicted octanol–water partition coefficient (Wildman–Crippen LogP) is 6.31. The van der Waals surface area contributed by atoms with Crippen LogP contribution < -0.4 is 14.9 Å². The number of non-ortho nitro benzene ring substituents is 1. The highest BCUT2D eigenvalue weighted by Gasteiger charge is 2.13. The van der Waals surface area contributed by atoms with E-state index in [1.165, 1.54) is 35.1 Å². The lowest BCUT2D eigenvalue weighted by atomic mass is 10.1. The Labute approximate surface area is 215 Å². The van der Waals surface area contributed by atoms with Crippen LogP contribution in [0.15, 0.2) is 90.0 Å². The van der Waals surface area contributed by atoms with E-state index in [0.29, 0.717) is 33.9 Å². The summed E-state index contributed by atoms with van der Waals surface area (Å²) in [6.45, 7) is 0.392. The van der Waals surface area contributed by atoms with E-state index in [1.807, 2.05) is 24.3 Å². The number of ether oxygens (including phenoxy) is 2. The van der Waals surface area contributed by atoms with E-state index < -0.39 is 10.8 Å². The van der Waals surface area contributed by atoms with Crippen LogP contribution in [-0.2, 0) is 6.61 Å². The largest absolute Gasteiger partial charge is 0.493 e. The molecule has 1 N–H and O–H groups in total. The van der Waals surface area contributed by atoms with Gasteiger partial charge in [-0.25, -0.2) is 5.43 Å². The van der Waals surface area contributed by atoms with Crippen LogP contribution in [0.4, 0.5) is 5.69 Å². The van der Waals surface area contributed by atoms with Crippen LogP contribution in [0.25, 0.3) is 20.9 Å². The fourth-order valence-electron chi connectivity index (χ4n) is 3.85. The number of amides is 1. The third-order valence-corrected chi connectivity index (χ3v) is 6.82. The van der Waals surface area contributed by atoms with Gasteiger partial charge in [-0.15, -0.1) is 11.3 Å². The van der Waals surface area contributed by atoms with Crippen molar-refractivity contribution in [2.45, 2.75) is 6.61 Å². The van der Waals surface area contributed by atoms with Gasteiger partial charge in [0.15, 0.2) is 11.5 Å². The molecular formula is C28H21N3O5S. The van der Waals surface area contributed by atoms with Crippen LogP contribution in [-0.4, -0.2) is 24.2 Å². The molecule has 0 fully saturated rings. The Kier molecular flexibility index (Phi) is 6.78. The topological polar surface area (TPSA) is 103 Å². The average Bonchev–Trinajstić information content (AvgIpc) is 3.36. The van der Waals surface area contributed by atoms with Gasteiger partial charge >= 0.3 is 0 Å². The minimum Gasteiger partial charge on any atom is -0.493 e. The highest BCUT2D eigenvalue weighted by Crippen LogP contribution is 2.30. The number of fused-ring (bicyclic) bond motifs is 2. The van der Waals surface area contributed by atoms with Gasteiger partial charge in [-0.05, 0) is 58.3 Å². The fourth-order valence-corrected chi connectivity index (χ4v) is 4.78. The van der Waals surface area contributed by atoms with Crippen molar-refractivity contribution in [3.05, 3.63) is 111 Å². The monoisotopic (exact) mass is 511 g/mol. The number of rotatable bonds is 8. The summed E-state index contributed by atoms with van der Waals surface area (Å²) in [5.74, 6) is 0.737. The minimum atomic E-state index is -0.463.